The van der Waals surface area contributed by atoms with Gasteiger partial charge in [-0.15, -0.1) is 0 Å². The first kappa shape index (κ1) is 18.9. The van der Waals surface area contributed by atoms with Crippen LogP contribution in [0.2, 0.25) is 0 Å². The van der Waals surface area contributed by atoms with E-state index in [9.17, 15) is 9.90 Å². The number of hydrogen-bond acceptors (Lipinski definition) is 8. The van der Waals surface area contributed by atoms with Crippen LogP contribution in [0, 0.1) is 11.8 Å². The molecule has 30 heavy (non-hydrogen) atoms. The fourth-order valence-electron chi connectivity index (χ4n) is 4.81. The fourth-order valence-corrected chi connectivity index (χ4v) is 4.81. The van der Waals surface area contributed by atoms with Gasteiger partial charge in [0.25, 0.3) is 0 Å². The number of methoxy groups -OCH3 is 3. The van der Waals surface area contributed by atoms with Gasteiger partial charge in [0, 0.05) is 11.8 Å². The Morgan fingerprint density at radius 1 is 0.900 bits per heavy atom. The van der Waals surface area contributed by atoms with Crippen molar-refractivity contribution >= 4 is 5.97 Å². The molecule has 2 aliphatic heterocycles. The van der Waals surface area contributed by atoms with Crippen LogP contribution in [0.25, 0.3) is 0 Å². The van der Waals surface area contributed by atoms with Gasteiger partial charge in [-0.3, -0.25) is 4.79 Å². The lowest BCUT2D eigenvalue weighted by Gasteiger charge is -2.37. The monoisotopic (exact) mass is 414 g/mol. The van der Waals surface area contributed by atoms with Gasteiger partial charge in [-0.1, -0.05) is 0 Å². The fraction of sp³-hybridized carbons (Fsp3) is 0.409. The van der Waals surface area contributed by atoms with Gasteiger partial charge in [0.1, 0.15) is 0 Å². The molecule has 1 saturated heterocycles. The molecule has 2 aromatic rings. The number of cyclic esters (lactones) is 1. The van der Waals surface area contributed by atoms with E-state index in [4.69, 9.17) is 28.4 Å². The Morgan fingerprint density at radius 2 is 1.53 bits per heavy atom. The lowest BCUT2D eigenvalue weighted by molar-refractivity contribution is -0.141. The van der Waals surface area contributed by atoms with Crippen LogP contribution < -0.4 is 23.7 Å². The molecule has 1 fully saturated rings. The zero-order valence-corrected chi connectivity index (χ0v) is 16.8. The SMILES string of the molecule is COc1cc([C@@H]2c3cc4c(cc3[C@H](O)C3COC(=O)[C@H]32)OCO4)cc(OC)c1OC. The van der Waals surface area contributed by atoms with Gasteiger partial charge < -0.3 is 33.5 Å². The standard InChI is InChI=1S/C22H22O8/c1-25-16-4-10(5-17(26-2)21(16)27-3)18-11-6-14-15(30-9-29-14)7-12(11)20(23)13-8-28-22(24)19(13)18/h4-7,13,18-20,23H,8-9H2,1-3H3/t13?,18-,19-,20+/m1/s1. The number of carbonyl (C=O) groups is 1. The third-order valence-electron chi connectivity index (χ3n) is 6.19. The second-order valence-electron chi connectivity index (χ2n) is 7.54. The highest BCUT2D eigenvalue weighted by Crippen LogP contribution is 2.55. The summed E-state index contributed by atoms with van der Waals surface area (Å²) in [5.74, 6) is 0.989. The smallest absolute Gasteiger partial charge is 0.310 e. The van der Waals surface area contributed by atoms with E-state index >= 15 is 0 Å². The first-order valence-corrected chi connectivity index (χ1v) is 9.65. The minimum Gasteiger partial charge on any atom is -0.493 e. The molecule has 3 aliphatic rings. The molecule has 1 N–H and O–H groups in total. The lowest BCUT2D eigenvalue weighted by Crippen LogP contribution is -2.34. The Labute approximate surface area is 173 Å². The summed E-state index contributed by atoms with van der Waals surface area (Å²) < 4.78 is 32.9. The average molecular weight is 414 g/mol. The highest BCUT2D eigenvalue weighted by Gasteiger charge is 2.52. The van der Waals surface area contributed by atoms with E-state index in [1.165, 1.54) is 7.11 Å². The Bertz CT molecular complexity index is 991. The van der Waals surface area contributed by atoms with E-state index in [1.54, 1.807) is 20.3 Å². The van der Waals surface area contributed by atoms with Crippen LogP contribution >= 0.6 is 0 Å². The van der Waals surface area contributed by atoms with E-state index in [0.29, 0.717) is 34.3 Å². The van der Waals surface area contributed by atoms with Gasteiger partial charge in [-0.25, -0.2) is 0 Å². The molecule has 2 heterocycles. The van der Waals surface area contributed by atoms with Crippen molar-refractivity contribution < 1.29 is 38.3 Å². The molecule has 4 atom stereocenters. The van der Waals surface area contributed by atoms with Crippen molar-refractivity contribution in [2.75, 3.05) is 34.7 Å². The maximum absolute atomic E-state index is 12.7. The van der Waals surface area contributed by atoms with Crippen LogP contribution in [-0.2, 0) is 9.53 Å². The predicted octanol–water partition coefficient (Wildman–Crippen LogP) is 2.41. The van der Waals surface area contributed by atoms with E-state index < -0.39 is 12.0 Å². The maximum atomic E-state index is 12.7. The molecule has 2 aromatic carbocycles. The molecule has 1 unspecified atom stereocenters. The van der Waals surface area contributed by atoms with Gasteiger partial charge in [0.05, 0.1) is 40.0 Å². The van der Waals surface area contributed by atoms with Crippen molar-refractivity contribution in [3.63, 3.8) is 0 Å². The number of hydrogen-bond donors (Lipinski definition) is 1. The summed E-state index contributed by atoms with van der Waals surface area (Å²) in [4.78, 5) is 12.7. The Kier molecular flexibility index (Phi) is 4.39. The van der Waals surface area contributed by atoms with Gasteiger partial charge in [0.15, 0.2) is 23.0 Å². The van der Waals surface area contributed by atoms with Crippen molar-refractivity contribution in [2.45, 2.75) is 12.0 Å². The van der Waals surface area contributed by atoms with Gasteiger partial charge in [-0.2, -0.15) is 0 Å². The van der Waals surface area contributed by atoms with Crippen LogP contribution in [0.3, 0.4) is 0 Å². The summed E-state index contributed by atoms with van der Waals surface area (Å²) in [7, 11) is 4.63. The number of carbonyl (C=O) groups excluding carboxylic acids is 1. The molecule has 0 saturated carbocycles. The van der Waals surface area contributed by atoms with Crippen LogP contribution in [-0.4, -0.2) is 45.8 Å². The molecule has 0 aromatic heterocycles. The van der Waals surface area contributed by atoms with Crippen molar-refractivity contribution in [3.05, 3.63) is 41.0 Å². The maximum Gasteiger partial charge on any atom is 0.310 e. The zero-order chi connectivity index (χ0) is 21.0. The molecular formula is C22H22O8. The molecule has 0 spiro atoms. The zero-order valence-electron chi connectivity index (χ0n) is 16.8. The Balaban J connectivity index is 1.74. The molecule has 0 bridgehead atoms. The number of benzene rings is 2. The molecule has 158 valence electrons. The molecule has 0 amide bonds. The second kappa shape index (κ2) is 6.98. The van der Waals surface area contributed by atoms with Crippen LogP contribution in [0.4, 0.5) is 0 Å². The van der Waals surface area contributed by atoms with Crippen molar-refractivity contribution in [2.24, 2.45) is 11.8 Å². The number of ether oxygens (including phenoxy) is 6. The minimum absolute atomic E-state index is 0.123. The summed E-state index contributed by atoms with van der Waals surface area (Å²) in [6.07, 6.45) is -0.843. The largest absolute Gasteiger partial charge is 0.493 e. The molecule has 1 aliphatic carbocycles. The predicted molar refractivity (Wildman–Crippen MR) is 103 cm³/mol. The lowest BCUT2D eigenvalue weighted by atomic mass is 9.66. The molecule has 8 nitrogen and oxygen atoms in total. The number of rotatable bonds is 4. The molecule has 0 radical (unpaired) electrons. The van der Waals surface area contributed by atoms with Gasteiger partial charge in [-0.05, 0) is 41.0 Å². The highest BCUT2D eigenvalue weighted by molar-refractivity contribution is 5.79. The summed E-state index contributed by atoms with van der Waals surface area (Å²) in [5.41, 5.74) is 2.30. The topological polar surface area (TPSA) is 92.7 Å². The van der Waals surface area contributed by atoms with Gasteiger partial charge in [0.2, 0.25) is 12.5 Å². The Hall–Kier alpha value is -3.13. The van der Waals surface area contributed by atoms with E-state index in [-0.39, 0.29) is 31.2 Å². The van der Waals surface area contributed by atoms with E-state index in [0.717, 1.165) is 11.1 Å². The van der Waals surface area contributed by atoms with Gasteiger partial charge >= 0.3 is 5.97 Å². The first-order chi connectivity index (χ1) is 14.6. The summed E-state index contributed by atoms with van der Waals surface area (Å²) >= 11 is 0. The number of aliphatic hydroxyl groups excluding tert-OH is 1. The number of esters is 1. The molecule has 5 rings (SSSR count). The summed E-state index contributed by atoms with van der Waals surface area (Å²) in [6, 6.07) is 7.31. The van der Waals surface area contributed by atoms with Crippen molar-refractivity contribution in [1.29, 1.82) is 0 Å². The Morgan fingerprint density at radius 3 is 2.13 bits per heavy atom. The van der Waals surface area contributed by atoms with Crippen molar-refractivity contribution in [1.82, 2.24) is 0 Å². The summed E-state index contributed by atoms with van der Waals surface area (Å²) in [6.45, 7) is 0.289. The van der Waals surface area contributed by atoms with Crippen LogP contribution in [0.1, 0.15) is 28.7 Å². The number of aliphatic hydroxyl groups is 1. The van der Waals surface area contributed by atoms with E-state index in [2.05, 4.69) is 0 Å². The van der Waals surface area contributed by atoms with Crippen LogP contribution in [0.15, 0.2) is 24.3 Å². The average Bonchev–Trinajstić information content (AvgIpc) is 3.38. The second-order valence-corrected chi connectivity index (χ2v) is 7.54. The minimum atomic E-state index is -0.843. The molecule has 8 heteroatoms. The number of fused-ring (bicyclic) bond motifs is 3. The quantitative estimate of drug-likeness (QED) is 0.763. The normalized spacial score (nSPS) is 25.9. The van der Waals surface area contributed by atoms with Crippen molar-refractivity contribution in [3.8, 4) is 28.7 Å². The third-order valence-corrected chi connectivity index (χ3v) is 6.19. The highest BCUT2D eigenvalue weighted by atomic mass is 16.7. The first-order valence-electron chi connectivity index (χ1n) is 9.65. The van der Waals surface area contributed by atoms with Crippen LogP contribution in [0.5, 0.6) is 28.7 Å². The van der Waals surface area contributed by atoms with E-state index in [1.807, 2.05) is 18.2 Å². The molecular weight excluding hydrogens is 392 g/mol. The summed E-state index contributed by atoms with van der Waals surface area (Å²) in [5, 5.41) is 11.0. The third kappa shape index (κ3) is 2.60.